The van der Waals surface area contributed by atoms with E-state index in [0.717, 1.165) is 18.4 Å². The zero-order valence-corrected chi connectivity index (χ0v) is 9.49. The second-order valence-electron chi connectivity index (χ2n) is 4.33. The summed E-state index contributed by atoms with van der Waals surface area (Å²) in [5.74, 6) is 0.863. The molecular formula is C13H19NO. The molecular weight excluding hydrogens is 186 g/mol. The van der Waals surface area contributed by atoms with E-state index in [1.807, 2.05) is 12.1 Å². The zero-order valence-electron chi connectivity index (χ0n) is 9.49. The SMILES string of the molecule is CC(C)CCCC(=O)c1cccc(N)c1. The Morgan fingerprint density at radius 3 is 2.73 bits per heavy atom. The van der Waals surface area contributed by atoms with Crippen molar-refractivity contribution in [3.8, 4) is 0 Å². The number of ketones is 1. The minimum Gasteiger partial charge on any atom is -0.399 e. The fourth-order valence-corrected chi connectivity index (χ4v) is 1.53. The fourth-order valence-electron chi connectivity index (χ4n) is 1.53. The number of hydrogen-bond donors (Lipinski definition) is 1. The van der Waals surface area contributed by atoms with Crippen LogP contribution >= 0.6 is 0 Å². The molecule has 2 heteroatoms. The highest BCUT2D eigenvalue weighted by atomic mass is 16.1. The van der Waals surface area contributed by atoms with Crippen LogP contribution in [0.2, 0.25) is 0 Å². The maximum absolute atomic E-state index is 11.7. The fraction of sp³-hybridized carbons (Fsp3) is 0.462. The number of benzene rings is 1. The number of hydrogen-bond acceptors (Lipinski definition) is 2. The number of nitrogens with two attached hydrogens (primary N) is 1. The van der Waals surface area contributed by atoms with Gasteiger partial charge in [-0.3, -0.25) is 4.79 Å². The maximum atomic E-state index is 11.7. The molecule has 0 spiro atoms. The topological polar surface area (TPSA) is 43.1 Å². The van der Waals surface area contributed by atoms with Crippen LogP contribution in [0.1, 0.15) is 43.5 Å². The molecule has 0 radical (unpaired) electrons. The van der Waals surface area contributed by atoms with Crippen LogP contribution in [0.3, 0.4) is 0 Å². The van der Waals surface area contributed by atoms with Gasteiger partial charge in [-0.05, 0) is 24.5 Å². The highest BCUT2D eigenvalue weighted by molar-refractivity contribution is 5.96. The first-order valence-electron chi connectivity index (χ1n) is 5.48. The Morgan fingerprint density at radius 2 is 2.13 bits per heavy atom. The zero-order chi connectivity index (χ0) is 11.3. The lowest BCUT2D eigenvalue weighted by molar-refractivity contribution is 0.0978. The first-order chi connectivity index (χ1) is 7.09. The maximum Gasteiger partial charge on any atom is 0.162 e. The summed E-state index contributed by atoms with van der Waals surface area (Å²) in [5.41, 5.74) is 7.01. The van der Waals surface area contributed by atoms with Gasteiger partial charge in [0.2, 0.25) is 0 Å². The van der Waals surface area contributed by atoms with E-state index < -0.39 is 0 Å². The molecule has 0 saturated heterocycles. The van der Waals surface area contributed by atoms with E-state index >= 15 is 0 Å². The molecule has 1 aromatic carbocycles. The van der Waals surface area contributed by atoms with Gasteiger partial charge in [-0.25, -0.2) is 0 Å². The van der Waals surface area contributed by atoms with Gasteiger partial charge in [0.1, 0.15) is 0 Å². The Balaban J connectivity index is 2.47. The molecule has 15 heavy (non-hydrogen) atoms. The summed E-state index contributed by atoms with van der Waals surface area (Å²) in [5, 5.41) is 0. The third kappa shape index (κ3) is 4.15. The molecule has 0 aliphatic heterocycles. The minimum absolute atomic E-state index is 0.197. The van der Waals surface area contributed by atoms with Gasteiger partial charge in [-0.2, -0.15) is 0 Å². The molecule has 0 fully saturated rings. The van der Waals surface area contributed by atoms with Crippen molar-refractivity contribution in [3.63, 3.8) is 0 Å². The average Bonchev–Trinajstić information content (AvgIpc) is 2.17. The predicted molar refractivity (Wildman–Crippen MR) is 63.9 cm³/mol. The lowest BCUT2D eigenvalue weighted by Crippen LogP contribution is -2.00. The van der Waals surface area contributed by atoms with Crippen molar-refractivity contribution in [2.75, 3.05) is 5.73 Å². The molecule has 0 aliphatic carbocycles. The third-order valence-electron chi connectivity index (χ3n) is 2.39. The first-order valence-corrected chi connectivity index (χ1v) is 5.48. The third-order valence-corrected chi connectivity index (χ3v) is 2.39. The Bertz CT molecular complexity index is 331. The molecule has 0 aromatic heterocycles. The van der Waals surface area contributed by atoms with E-state index in [2.05, 4.69) is 13.8 Å². The van der Waals surface area contributed by atoms with E-state index in [-0.39, 0.29) is 5.78 Å². The number of carbonyl (C=O) groups excluding carboxylic acids is 1. The van der Waals surface area contributed by atoms with Crippen LogP contribution in [-0.4, -0.2) is 5.78 Å². The van der Waals surface area contributed by atoms with Gasteiger partial charge in [0.05, 0.1) is 0 Å². The molecule has 0 heterocycles. The standard InChI is InChI=1S/C13H19NO/c1-10(2)5-3-8-13(15)11-6-4-7-12(14)9-11/h4,6-7,9-10H,3,5,8,14H2,1-2H3. The van der Waals surface area contributed by atoms with Crippen molar-refractivity contribution in [3.05, 3.63) is 29.8 Å². The Hall–Kier alpha value is -1.31. The summed E-state index contributed by atoms with van der Waals surface area (Å²) in [7, 11) is 0. The molecule has 0 unspecified atom stereocenters. The number of nitrogen functional groups attached to an aromatic ring is 1. The van der Waals surface area contributed by atoms with Crippen LogP contribution in [0.5, 0.6) is 0 Å². The van der Waals surface area contributed by atoms with E-state index in [1.165, 1.54) is 0 Å². The lowest BCUT2D eigenvalue weighted by Gasteiger charge is -2.04. The minimum atomic E-state index is 0.197. The highest BCUT2D eigenvalue weighted by Gasteiger charge is 2.05. The number of Topliss-reactive ketones (excluding diaryl/α,β-unsaturated/α-hetero) is 1. The van der Waals surface area contributed by atoms with Crippen LogP contribution in [0.25, 0.3) is 0 Å². The van der Waals surface area contributed by atoms with Crippen LogP contribution in [0.15, 0.2) is 24.3 Å². The van der Waals surface area contributed by atoms with E-state index in [9.17, 15) is 4.79 Å². The van der Waals surface area contributed by atoms with Crippen molar-refractivity contribution in [1.82, 2.24) is 0 Å². The first kappa shape index (κ1) is 11.8. The van der Waals surface area contributed by atoms with E-state index in [4.69, 9.17) is 5.73 Å². The highest BCUT2D eigenvalue weighted by Crippen LogP contribution is 2.13. The Kier molecular flexibility index (Phi) is 4.35. The van der Waals surface area contributed by atoms with Gasteiger partial charge in [0.25, 0.3) is 0 Å². The smallest absolute Gasteiger partial charge is 0.162 e. The summed E-state index contributed by atoms with van der Waals surface area (Å²) in [6.07, 6.45) is 2.70. The second-order valence-corrected chi connectivity index (χ2v) is 4.33. The Morgan fingerprint density at radius 1 is 1.40 bits per heavy atom. The van der Waals surface area contributed by atoms with Crippen molar-refractivity contribution in [1.29, 1.82) is 0 Å². The summed E-state index contributed by atoms with van der Waals surface area (Å²) >= 11 is 0. The van der Waals surface area contributed by atoms with Crippen molar-refractivity contribution in [2.45, 2.75) is 33.1 Å². The van der Waals surface area contributed by atoms with Crippen molar-refractivity contribution < 1.29 is 4.79 Å². The lowest BCUT2D eigenvalue weighted by atomic mass is 10.0. The largest absolute Gasteiger partial charge is 0.399 e. The molecule has 0 bridgehead atoms. The molecule has 0 saturated carbocycles. The molecule has 0 aliphatic rings. The van der Waals surface area contributed by atoms with Gasteiger partial charge in [0.15, 0.2) is 5.78 Å². The quantitative estimate of drug-likeness (QED) is 0.592. The molecule has 0 atom stereocenters. The number of anilines is 1. The summed E-state index contributed by atoms with van der Waals surface area (Å²) in [4.78, 5) is 11.7. The number of carbonyl (C=O) groups is 1. The van der Waals surface area contributed by atoms with Gasteiger partial charge in [0, 0.05) is 17.7 Å². The van der Waals surface area contributed by atoms with Gasteiger partial charge < -0.3 is 5.73 Å². The summed E-state index contributed by atoms with van der Waals surface area (Å²) in [6, 6.07) is 7.20. The van der Waals surface area contributed by atoms with Crippen LogP contribution in [0.4, 0.5) is 5.69 Å². The van der Waals surface area contributed by atoms with Gasteiger partial charge in [-0.1, -0.05) is 32.4 Å². The van der Waals surface area contributed by atoms with Gasteiger partial charge >= 0.3 is 0 Å². The Labute approximate surface area is 91.5 Å². The molecule has 1 rings (SSSR count). The van der Waals surface area contributed by atoms with E-state index in [0.29, 0.717) is 18.0 Å². The van der Waals surface area contributed by atoms with Gasteiger partial charge in [-0.15, -0.1) is 0 Å². The molecule has 82 valence electrons. The average molecular weight is 205 g/mol. The molecule has 0 amide bonds. The number of rotatable bonds is 5. The van der Waals surface area contributed by atoms with Crippen LogP contribution in [0, 0.1) is 5.92 Å². The monoisotopic (exact) mass is 205 g/mol. The molecule has 2 N–H and O–H groups in total. The summed E-state index contributed by atoms with van der Waals surface area (Å²) in [6.45, 7) is 4.34. The van der Waals surface area contributed by atoms with Crippen molar-refractivity contribution >= 4 is 11.5 Å². The van der Waals surface area contributed by atoms with E-state index in [1.54, 1.807) is 12.1 Å². The predicted octanol–water partition coefficient (Wildman–Crippen LogP) is 3.28. The second kappa shape index (κ2) is 5.54. The summed E-state index contributed by atoms with van der Waals surface area (Å²) < 4.78 is 0. The van der Waals surface area contributed by atoms with Crippen molar-refractivity contribution in [2.24, 2.45) is 5.92 Å². The normalized spacial score (nSPS) is 10.6. The molecule has 2 nitrogen and oxygen atoms in total. The van der Waals surface area contributed by atoms with Crippen LogP contribution < -0.4 is 5.73 Å². The molecule has 1 aromatic rings. The van der Waals surface area contributed by atoms with Crippen LogP contribution in [-0.2, 0) is 0 Å².